The van der Waals surface area contributed by atoms with E-state index in [1.54, 1.807) is 6.92 Å². The molecule has 0 heterocycles. The smallest absolute Gasteiger partial charge is 0.333 e. The van der Waals surface area contributed by atoms with Crippen molar-refractivity contribution in [2.24, 2.45) is 11.3 Å². The van der Waals surface area contributed by atoms with Gasteiger partial charge in [0.05, 0.1) is 6.61 Å². The number of rotatable bonds is 25. The molecule has 2 fully saturated rings. The van der Waals surface area contributed by atoms with Crippen molar-refractivity contribution in [1.29, 1.82) is 0 Å². The number of carbonyl (C=O) groups is 1. The van der Waals surface area contributed by atoms with Gasteiger partial charge in [0.25, 0.3) is 0 Å². The van der Waals surface area contributed by atoms with Crippen LogP contribution in [0.25, 0.3) is 0 Å². The average molecular weight is 519 g/mol. The summed E-state index contributed by atoms with van der Waals surface area (Å²) in [4.78, 5) is 12.0. The van der Waals surface area contributed by atoms with Gasteiger partial charge in [0, 0.05) is 17.6 Å². The molecule has 0 spiro atoms. The van der Waals surface area contributed by atoms with Crippen LogP contribution in [0.15, 0.2) is 12.2 Å². The van der Waals surface area contributed by atoms with Gasteiger partial charge < -0.3 is 9.47 Å². The summed E-state index contributed by atoms with van der Waals surface area (Å²) in [6.07, 6.45) is 32.9. The van der Waals surface area contributed by atoms with E-state index in [1.165, 1.54) is 135 Å². The lowest BCUT2D eigenvalue weighted by atomic mass is 9.82. The average Bonchev–Trinajstić information content (AvgIpc) is 3.45. The largest absolute Gasteiger partial charge is 0.458 e. The normalized spacial score (nSPS) is 22.5. The summed E-state index contributed by atoms with van der Waals surface area (Å²) in [5.74, 6) is 0.484. The van der Waals surface area contributed by atoms with Gasteiger partial charge in [-0.3, -0.25) is 0 Å². The van der Waals surface area contributed by atoms with E-state index < -0.39 is 0 Å². The molecule has 2 saturated carbocycles. The van der Waals surface area contributed by atoms with Gasteiger partial charge in [-0.25, -0.2) is 4.79 Å². The number of unbranched alkanes of at least 4 members (excludes halogenated alkanes) is 19. The van der Waals surface area contributed by atoms with Crippen LogP contribution < -0.4 is 0 Å². The van der Waals surface area contributed by atoms with Crippen LogP contribution in [0.5, 0.6) is 0 Å². The molecule has 2 bridgehead atoms. The molecule has 3 atom stereocenters. The Bertz CT molecular complexity index is 600. The molecule has 3 unspecified atom stereocenters. The Morgan fingerprint density at radius 1 is 0.757 bits per heavy atom. The molecule has 37 heavy (non-hydrogen) atoms. The maximum atomic E-state index is 12.0. The maximum Gasteiger partial charge on any atom is 0.333 e. The summed E-state index contributed by atoms with van der Waals surface area (Å²) in [7, 11) is 0. The zero-order valence-corrected chi connectivity index (χ0v) is 25.0. The van der Waals surface area contributed by atoms with Crippen LogP contribution in [0.2, 0.25) is 0 Å². The number of hydrogen-bond donors (Lipinski definition) is 0. The highest BCUT2D eigenvalue weighted by Gasteiger charge is 2.54. The first-order valence-electron chi connectivity index (χ1n) is 16.5. The van der Waals surface area contributed by atoms with Crippen LogP contribution in [-0.4, -0.2) is 25.3 Å². The van der Waals surface area contributed by atoms with Gasteiger partial charge in [-0.2, -0.15) is 0 Å². The molecule has 216 valence electrons. The van der Waals surface area contributed by atoms with Crippen LogP contribution in [0.1, 0.15) is 168 Å². The van der Waals surface area contributed by atoms with E-state index in [2.05, 4.69) is 13.5 Å². The molecule has 2 rings (SSSR count). The number of ether oxygens (including phenoxy) is 2. The van der Waals surface area contributed by atoms with Gasteiger partial charge in [-0.1, -0.05) is 135 Å². The number of fused-ring (bicyclic) bond motifs is 2. The minimum absolute atomic E-state index is 0.0327. The van der Waals surface area contributed by atoms with E-state index in [4.69, 9.17) is 9.47 Å². The van der Waals surface area contributed by atoms with Crippen molar-refractivity contribution in [3.8, 4) is 0 Å². The lowest BCUT2D eigenvalue weighted by Gasteiger charge is -2.34. The second-order valence-corrected chi connectivity index (χ2v) is 12.7. The van der Waals surface area contributed by atoms with Crippen molar-refractivity contribution in [3.05, 3.63) is 12.2 Å². The summed E-state index contributed by atoms with van der Waals surface area (Å²) in [6.45, 7) is 9.38. The van der Waals surface area contributed by atoms with E-state index in [9.17, 15) is 4.79 Å². The molecule has 0 aliphatic heterocycles. The zero-order chi connectivity index (χ0) is 26.6. The second-order valence-electron chi connectivity index (χ2n) is 12.7. The predicted molar refractivity (Wildman–Crippen MR) is 158 cm³/mol. The quantitative estimate of drug-likeness (QED) is 0.0685. The molecular weight excluding hydrogens is 456 g/mol. The standard InChI is InChI=1S/C34H62O3/c1-4-5-6-7-8-9-10-11-12-13-14-15-16-17-18-19-20-21-22-23-26-36-29-34-25-24-31(28-34)27-32(34)37-33(35)30(2)3/h31-32H,2,4-29H2,1,3H3. The van der Waals surface area contributed by atoms with Gasteiger partial charge in [0.15, 0.2) is 0 Å². The number of carbonyl (C=O) groups excluding carboxylic acids is 1. The van der Waals surface area contributed by atoms with Crippen LogP contribution in [-0.2, 0) is 14.3 Å². The van der Waals surface area contributed by atoms with Crippen molar-refractivity contribution in [1.82, 2.24) is 0 Å². The Morgan fingerprint density at radius 2 is 1.22 bits per heavy atom. The van der Waals surface area contributed by atoms with E-state index in [0.29, 0.717) is 11.5 Å². The van der Waals surface area contributed by atoms with Crippen LogP contribution in [0.4, 0.5) is 0 Å². The lowest BCUT2D eigenvalue weighted by molar-refractivity contribution is -0.153. The summed E-state index contributed by atoms with van der Waals surface area (Å²) in [6, 6.07) is 0. The van der Waals surface area contributed by atoms with E-state index in [1.807, 2.05) is 0 Å². The van der Waals surface area contributed by atoms with Crippen molar-refractivity contribution in [2.45, 2.75) is 174 Å². The Labute approximate surface area is 230 Å². The van der Waals surface area contributed by atoms with Gasteiger partial charge >= 0.3 is 5.97 Å². The van der Waals surface area contributed by atoms with Crippen molar-refractivity contribution in [3.63, 3.8) is 0 Å². The Kier molecular flexibility index (Phi) is 17.6. The Morgan fingerprint density at radius 3 is 1.65 bits per heavy atom. The van der Waals surface area contributed by atoms with E-state index in [0.717, 1.165) is 32.5 Å². The molecule has 0 aromatic rings. The zero-order valence-electron chi connectivity index (χ0n) is 25.0. The molecule has 0 aromatic heterocycles. The Balaban J connectivity index is 1.31. The van der Waals surface area contributed by atoms with Gasteiger partial charge in [-0.15, -0.1) is 0 Å². The first kappa shape index (κ1) is 32.4. The fraction of sp³-hybridized carbons (Fsp3) is 0.912. The minimum atomic E-state index is -0.231. The molecule has 2 aliphatic carbocycles. The Hall–Kier alpha value is -0.830. The van der Waals surface area contributed by atoms with Gasteiger partial charge in [0.2, 0.25) is 0 Å². The lowest BCUT2D eigenvalue weighted by Crippen LogP contribution is -2.38. The fourth-order valence-electron chi connectivity index (χ4n) is 6.68. The van der Waals surface area contributed by atoms with Crippen molar-refractivity contribution in [2.75, 3.05) is 13.2 Å². The van der Waals surface area contributed by atoms with E-state index in [-0.39, 0.29) is 17.5 Å². The number of esters is 1. The third-order valence-electron chi connectivity index (χ3n) is 9.11. The highest BCUT2D eigenvalue weighted by atomic mass is 16.5. The number of hydrogen-bond acceptors (Lipinski definition) is 3. The minimum Gasteiger partial charge on any atom is -0.458 e. The van der Waals surface area contributed by atoms with Gasteiger partial charge in [-0.05, 0) is 44.9 Å². The summed E-state index contributed by atoms with van der Waals surface area (Å²) < 4.78 is 11.9. The predicted octanol–water partition coefficient (Wildman–Crippen LogP) is 10.5. The highest BCUT2D eigenvalue weighted by molar-refractivity contribution is 5.87. The summed E-state index contributed by atoms with van der Waals surface area (Å²) in [5, 5.41) is 0. The molecule has 0 N–H and O–H groups in total. The topological polar surface area (TPSA) is 35.5 Å². The molecule has 0 radical (unpaired) electrons. The van der Waals surface area contributed by atoms with E-state index >= 15 is 0 Å². The third-order valence-corrected chi connectivity index (χ3v) is 9.11. The van der Waals surface area contributed by atoms with Crippen molar-refractivity contribution >= 4 is 5.97 Å². The molecule has 0 amide bonds. The van der Waals surface area contributed by atoms with Crippen molar-refractivity contribution < 1.29 is 14.3 Å². The van der Waals surface area contributed by atoms with Crippen LogP contribution in [0, 0.1) is 11.3 Å². The molecule has 0 aromatic carbocycles. The molecule has 0 saturated heterocycles. The summed E-state index contributed by atoms with van der Waals surface area (Å²) in [5.41, 5.74) is 0.576. The maximum absolute atomic E-state index is 12.0. The first-order valence-corrected chi connectivity index (χ1v) is 16.5. The fourth-order valence-corrected chi connectivity index (χ4v) is 6.68. The second kappa shape index (κ2) is 20.1. The molecule has 2 aliphatic rings. The molecular formula is C34H62O3. The molecule has 3 heteroatoms. The highest BCUT2D eigenvalue weighted by Crippen LogP contribution is 2.55. The van der Waals surface area contributed by atoms with Crippen LogP contribution in [0.3, 0.4) is 0 Å². The summed E-state index contributed by atoms with van der Waals surface area (Å²) >= 11 is 0. The monoisotopic (exact) mass is 518 g/mol. The molecule has 3 nitrogen and oxygen atoms in total. The van der Waals surface area contributed by atoms with Gasteiger partial charge in [0.1, 0.15) is 6.10 Å². The third kappa shape index (κ3) is 13.7. The van der Waals surface area contributed by atoms with Crippen LogP contribution >= 0.6 is 0 Å². The first-order chi connectivity index (χ1) is 18.1. The SMILES string of the molecule is C=C(C)C(=O)OC1CC2CCC1(COCCCCCCCCCCCCCCCCCCCCCC)C2.